The Labute approximate surface area is 408 Å². The van der Waals surface area contributed by atoms with Crippen LogP contribution in [-0.2, 0) is 45.1 Å². The number of aliphatic imine (C=N–C) groups is 2. The summed E-state index contributed by atoms with van der Waals surface area (Å²) < 4.78 is 41.5. The van der Waals surface area contributed by atoms with Crippen molar-refractivity contribution in [3.05, 3.63) is 124 Å². The lowest BCUT2D eigenvalue weighted by molar-refractivity contribution is -0.118. The summed E-state index contributed by atoms with van der Waals surface area (Å²) >= 11 is 0. The van der Waals surface area contributed by atoms with Gasteiger partial charge in [-0.2, -0.15) is 0 Å². The van der Waals surface area contributed by atoms with Gasteiger partial charge >= 0.3 is 0 Å². The molecule has 0 saturated carbocycles. The number of para-hydroxylation sites is 2. The summed E-state index contributed by atoms with van der Waals surface area (Å²) in [6.07, 6.45) is 6.64. The SMILES string of the molecule is CCC(=O)CCCN(CCOCCOCCOC)c1cc(COc2cc3c(cc2OC)C(=O)N2c4ccccc4CC2C=N3)cc(COc2cc3c(cc2OC)C(=O)N2c4ccccc4CC2C=N3)c1. The number of carbonyl (C=O) groups is 3. The van der Waals surface area contributed by atoms with Gasteiger partial charge in [0.25, 0.3) is 11.8 Å². The molecule has 0 N–H and O–H groups in total. The fraction of sp³-hybridized carbons (Fsp3) is 0.364. The molecule has 0 saturated heterocycles. The molecule has 15 heteroatoms. The van der Waals surface area contributed by atoms with Crippen LogP contribution in [0.3, 0.4) is 0 Å². The number of Topliss-reactive ketones (excluding diaryl/α,β-unsaturated/α-hetero) is 1. The standard InChI is InChI=1S/C55H59N5O10/c1-5-43(61)13-10-16-58(17-18-67-21-22-68-20-19-64-2)40-24-36(34-69-52-30-46-44(28-50(52)65-3)54(62)59-41(32-56-46)26-38-11-6-8-14-48(38)59)23-37(25-40)35-70-53-31-47-45(29-51(53)66-4)55(63)60-42(33-57-47)27-39-12-7-9-15-49(39)60/h6-9,11-12,14-15,23-25,28-33,41-42H,5,10,13,16-22,26-27,34-35H2,1-4H3. The maximum atomic E-state index is 14.1. The second kappa shape index (κ2) is 22.1. The number of carbonyl (C=O) groups excluding carboxylic acids is 3. The summed E-state index contributed by atoms with van der Waals surface area (Å²) in [6, 6.07) is 28.6. The second-order valence-electron chi connectivity index (χ2n) is 17.5. The highest BCUT2D eigenvalue weighted by atomic mass is 16.5. The first-order valence-corrected chi connectivity index (χ1v) is 23.9. The van der Waals surface area contributed by atoms with E-state index in [0.29, 0.717) is 124 Å². The lowest BCUT2D eigenvalue weighted by Crippen LogP contribution is -2.37. The van der Waals surface area contributed by atoms with Crippen molar-refractivity contribution in [2.24, 2.45) is 9.98 Å². The Morgan fingerprint density at radius 3 is 1.66 bits per heavy atom. The molecule has 2 amide bonds. The zero-order valence-electron chi connectivity index (χ0n) is 40.2. The zero-order chi connectivity index (χ0) is 48.6. The molecule has 4 aliphatic heterocycles. The maximum absolute atomic E-state index is 14.1. The quantitative estimate of drug-likeness (QED) is 0.0579. The van der Waals surface area contributed by atoms with E-state index in [0.717, 1.165) is 39.3 Å². The molecule has 5 aromatic carbocycles. The predicted octanol–water partition coefficient (Wildman–Crippen LogP) is 8.68. The molecule has 0 radical (unpaired) electrons. The zero-order valence-corrected chi connectivity index (χ0v) is 40.2. The number of hydrogen-bond acceptors (Lipinski definition) is 13. The van der Waals surface area contributed by atoms with Gasteiger partial charge in [0.2, 0.25) is 0 Å². The fourth-order valence-electron chi connectivity index (χ4n) is 9.44. The molecular weight excluding hydrogens is 891 g/mol. The van der Waals surface area contributed by atoms with Crippen LogP contribution in [0.1, 0.15) is 69.2 Å². The second-order valence-corrected chi connectivity index (χ2v) is 17.5. The number of hydrogen-bond donors (Lipinski definition) is 0. The first-order chi connectivity index (χ1) is 34.3. The number of ketones is 1. The minimum absolute atomic E-state index is 0.132. The smallest absolute Gasteiger partial charge is 0.261 e. The van der Waals surface area contributed by atoms with Crippen molar-refractivity contribution in [1.29, 1.82) is 0 Å². The van der Waals surface area contributed by atoms with Crippen LogP contribution in [0.15, 0.2) is 101 Å². The number of nitrogens with zero attached hydrogens (tertiary/aromatic N) is 5. The highest BCUT2D eigenvalue weighted by Gasteiger charge is 2.38. The Bertz CT molecular complexity index is 2630. The van der Waals surface area contributed by atoms with Crippen molar-refractivity contribution in [1.82, 2.24) is 0 Å². The van der Waals surface area contributed by atoms with Crippen LogP contribution < -0.4 is 33.6 Å². The summed E-state index contributed by atoms with van der Waals surface area (Å²) in [6.45, 7) is 5.59. The first kappa shape index (κ1) is 48.0. The Morgan fingerprint density at radius 2 is 1.14 bits per heavy atom. The van der Waals surface area contributed by atoms with Gasteiger partial charge < -0.3 is 38.1 Å². The van der Waals surface area contributed by atoms with Crippen LogP contribution in [0.5, 0.6) is 23.0 Å². The molecule has 70 heavy (non-hydrogen) atoms. The van der Waals surface area contributed by atoms with Crippen LogP contribution in [-0.4, -0.2) is 110 Å². The summed E-state index contributed by atoms with van der Waals surface area (Å²) in [5, 5.41) is 0. The van der Waals surface area contributed by atoms with Gasteiger partial charge in [0, 0.05) is 87.5 Å². The van der Waals surface area contributed by atoms with Gasteiger partial charge in [-0.25, -0.2) is 0 Å². The monoisotopic (exact) mass is 949 g/mol. The van der Waals surface area contributed by atoms with Crippen molar-refractivity contribution in [2.75, 3.05) is 82.2 Å². The lowest BCUT2D eigenvalue weighted by Gasteiger charge is -2.26. The molecule has 4 aliphatic rings. The highest BCUT2D eigenvalue weighted by molar-refractivity contribution is 6.16. The van der Waals surface area contributed by atoms with Crippen molar-refractivity contribution in [2.45, 2.75) is 64.3 Å². The van der Waals surface area contributed by atoms with Gasteiger partial charge in [0.1, 0.15) is 19.0 Å². The number of benzene rings is 5. The molecule has 2 unspecified atom stereocenters. The topological polar surface area (TPSA) is 150 Å². The van der Waals surface area contributed by atoms with Crippen LogP contribution in [0, 0.1) is 0 Å². The summed E-state index contributed by atoms with van der Waals surface area (Å²) in [5.74, 6) is 1.58. The molecule has 364 valence electrons. The minimum Gasteiger partial charge on any atom is -0.493 e. The average Bonchev–Trinajstić information content (AvgIpc) is 3.88. The number of methoxy groups -OCH3 is 3. The third-order valence-corrected chi connectivity index (χ3v) is 13.0. The normalized spacial score (nSPS) is 16.1. The van der Waals surface area contributed by atoms with Crippen molar-refractivity contribution >= 4 is 58.5 Å². The van der Waals surface area contributed by atoms with E-state index in [2.05, 4.69) is 17.0 Å². The predicted molar refractivity (Wildman–Crippen MR) is 269 cm³/mol. The molecule has 0 aromatic heterocycles. The fourth-order valence-corrected chi connectivity index (χ4v) is 9.44. The third-order valence-electron chi connectivity index (χ3n) is 13.0. The van der Waals surface area contributed by atoms with Gasteiger partial charge in [-0.15, -0.1) is 0 Å². The third kappa shape index (κ3) is 10.4. The largest absolute Gasteiger partial charge is 0.493 e. The summed E-state index contributed by atoms with van der Waals surface area (Å²) in [5.41, 5.74) is 8.38. The van der Waals surface area contributed by atoms with E-state index in [-0.39, 0.29) is 42.9 Å². The van der Waals surface area contributed by atoms with Gasteiger partial charge in [-0.1, -0.05) is 43.3 Å². The van der Waals surface area contributed by atoms with Crippen LogP contribution in [0.2, 0.25) is 0 Å². The van der Waals surface area contributed by atoms with Crippen LogP contribution in [0.25, 0.3) is 0 Å². The molecule has 0 aliphatic carbocycles. The van der Waals surface area contributed by atoms with Gasteiger partial charge in [0.15, 0.2) is 23.0 Å². The molecule has 15 nitrogen and oxygen atoms in total. The molecule has 9 rings (SSSR count). The van der Waals surface area contributed by atoms with Gasteiger partial charge in [-0.3, -0.25) is 34.2 Å². The van der Waals surface area contributed by atoms with Crippen LogP contribution >= 0.6 is 0 Å². The van der Waals surface area contributed by atoms with Crippen molar-refractivity contribution in [3.63, 3.8) is 0 Å². The van der Waals surface area contributed by atoms with Gasteiger partial charge in [-0.05, 0) is 71.1 Å². The number of fused-ring (bicyclic) bond motifs is 8. The van der Waals surface area contributed by atoms with Crippen molar-refractivity contribution < 1.29 is 47.5 Å². The van der Waals surface area contributed by atoms with E-state index < -0.39 is 0 Å². The van der Waals surface area contributed by atoms with E-state index >= 15 is 0 Å². The van der Waals surface area contributed by atoms with Gasteiger partial charge in [0.05, 0.1) is 81.8 Å². The molecule has 2 atom stereocenters. The number of ether oxygens (including phenoxy) is 7. The van der Waals surface area contributed by atoms with E-state index in [1.807, 2.05) is 74.0 Å². The van der Waals surface area contributed by atoms with E-state index in [1.165, 1.54) is 0 Å². The van der Waals surface area contributed by atoms with E-state index in [9.17, 15) is 14.4 Å². The van der Waals surface area contributed by atoms with Crippen molar-refractivity contribution in [3.8, 4) is 23.0 Å². The minimum atomic E-state index is -0.199. The molecule has 4 heterocycles. The number of amides is 2. The number of anilines is 3. The highest BCUT2D eigenvalue weighted by Crippen LogP contribution is 2.43. The van der Waals surface area contributed by atoms with E-state index in [1.54, 1.807) is 55.4 Å². The van der Waals surface area contributed by atoms with E-state index in [4.69, 9.17) is 43.1 Å². The Balaban J connectivity index is 0.991. The average molecular weight is 950 g/mol. The maximum Gasteiger partial charge on any atom is 0.261 e. The Hall–Kier alpha value is -7.07. The Morgan fingerprint density at radius 1 is 0.629 bits per heavy atom. The molecule has 5 aromatic rings. The molecule has 0 bridgehead atoms. The Kier molecular flexibility index (Phi) is 15.2. The number of rotatable bonds is 23. The van der Waals surface area contributed by atoms with Crippen LogP contribution in [0.4, 0.5) is 28.4 Å². The molecule has 0 fully saturated rings. The molecular formula is C55H59N5O10. The summed E-state index contributed by atoms with van der Waals surface area (Å²) in [7, 11) is 4.75. The molecule has 0 spiro atoms. The lowest BCUT2D eigenvalue weighted by atomic mass is 10.1. The first-order valence-electron chi connectivity index (χ1n) is 23.9. The summed E-state index contributed by atoms with van der Waals surface area (Å²) in [4.78, 5) is 56.1.